The van der Waals surface area contributed by atoms with Crippen molar-refractivity contribution in [2.24, 2.45) is 0 Å². The quantitative estimate of drug-likeness (QED) is 0.904. The van der Waals surface area contributed by atoms with Crippen molar-refractivity contribution in [3.05, 3.63) is 58.9 Å². The maximum Gasteiger partial charge on any atom is 0.137 e. The third-order valence-electron chi connectivity index (χ3n) is 3.41. The van der Waals surface area contributed by atoms with Crippen molar-refractivity contribution in [3.8, 4) is 5.75 Å². The highest BCUT2D eigenvalue weighted by Gasteiger charge is 2.15. The summed E-state index contributed by atoms with van der Waals surface area (Å²) in [5.74, 6) is 0.815. The fraction of sp³-hybridized carbons (Fsp3) is 0.353. The predicted octanol–water partition coefficient (Wildman–Crippen LogP) is 3.41. The molecule has 1 aromatic heterocycles. The Bertz CT molecular complexity index is 581. The Kier molecular flexibility index (Phi) is 4.74. The van der Waals surface area contributed by atoms with Gasteiger partial charge in [-0.15, -0.1) is 0 Å². The van der Waals surface area contributed by atoms with Crippen molar-refractivity contribution in [1.29, 1.82) is 0 Å². The molecule has 0 saturated heterocycles. The number of hydrogen-bond donors (Lipinski definition) is 1. The zero-order valence-corrected chi connectivity index (χ0v) is 12.6. The molecule has 0 saturated carbocycles. The lowest BCUT2D eigenvalue weighted by Crippen LogP contribution is -2.19. The van der Waals surface area contributed by atoms with Crippen molar-refractivity contribution in [1.82, 2.24) is 10.3 Å². The highest BCUT2D eigenvalue weighted by Crippen LogP contribution is 2.27. The maximum atomic E-state index is 5.54. The van der Waals surface area contributed by atoms with Crippen molar-refractivity contribution in [2.45, 2.75) is 26.8 Å². The SMILES string of the molecule is CCOc1cncc(C(NC)c2cc(C)ccc2C)c1. The highest BCUT2D eigenvalue weighted by molar-refractivity contribution is 5.40. The van der Waals surface area contributed by atoms with Gasteiger partial charge in [0.15, 0.2) is 0 Å². The van der Waals surface area contributed by atoms with Crippen LogP contribution in [-0.4, -0.2) is 18.6 Å². The van der Waals surface area contributed by atoms with E-state index in [-0.39, 0.29) is 6.04 Å². The molecule has 1 N–H and O–H groups in total. The Hall–Kier alpha value is -1.87. The summed E-state index contributed by atoms with van der Waals surface area (Å²) in [5, 5.41) is 3.38. The van der Waals surface area contributed by atoms with Crippen LogP contribution in [-0.2, 0) is 0 Å². The van der Waals surface area contributed by atoms with E-state index in [0.29, 0.717) is 6.61 Å². The minimum atomic E-state index is 0.128. The fourth-order valence-corrected chi connectivity index (χ4v) is 2.41. The molecule has 0 amide bonds. The fourth-order valence-electron chi connectivity index (χ4n) is 2.41. The van der Waals surface area contributed by atoms with E-state index in [2.05, 4.69) is 48.4 Å². The second-order valence-electron chi connectivity index (χ2n) is 4.97. The van der Waals surface area contributed by atoms with Crippen molar-refractivity contribution in [2.75, 3.05) is 13.7 Å². The summed E-state index contributed by atoms with van der Waals surface area (Å²) < 4.78 is 5.54. The van der Waals surface area contributed by atoms with Gasteiger partial charge in [0.2, 0.25) is 0 Å². The number of aryl methyl sites for hydroxylation is 2. The molecule has 1 unspecified atom stereocenters. The molecule has 1 heterocycles. The Balaban J connectivity index is 2.41. The molecular formula is C17H22N2O. The van der Waals surface area contributed by atoms with Crippen LogP contribution in [0, 0.1) is 13.8 Å². The van der Waals surface area contributed by atoms with Crippen LogP contribution in [0.2, 0.25) is 0 Å². The molecule has 0 radical (unpaired) electrons. The average molecular weight is 270 g/mol. The van der Waals surface area contributed by atoms with Gasteiger partial charge in [0.25, 0.3) is 0 Å². The van der Waals surface area contributed by atoms with Gasteiger partial charge in [0, 0.05) is 6.20 Å². The molecule has 0 aliphatic heterocycles. The Morgan fingerprint density at radius 3 is 2.70 bits per heavy atom. The number of hydrogen-bond acceptors (Lipinski definition) is 3. The van der Waals surface area contributed by atoms with Gasteiger partial charge in [-0.1, -0.05) is 23.8 Å². The Labute approximate surface area is 121 Å². The van der Waals surface area contributed by atoms with E-state index in [4.69, 9.17) is 4.74 Å². The van der Waals surface area contributed by atoms with Gasteiger partial charge in [0.1, 0.15) is 5.75 Å². The van der Waals surface area contributed by atoms with Gasteiger partial charge in [-0.25, -0.2) is 0 Å². The Morgan fingerprint density at radius 1 is 1.20 bits per heavy atom. The molecule has 2 aromatic rings. The minimum absolute atomic E-state index is 0.128. The van der Waals surface area contributed by atoms with Crippen molar-refractivity contribution in [3.63, 3.8) is 0 Å². The first kappa shape index (κ1) is 14.5. The normalized spacial score (nSPS) is 12.2. The predicted molar refractivity (Wildman–Crippen MR) is 82.2 cm³/mol. The molecule has 106 valence electrons. The number of nitrogens with one attached hydrogen (secondary N) is 1. The molecule has 0 aliphatic carbocycles. The van der Waals surface area contributed by atoms with E-state index in [1.54, 1.807) is 6.20 Å². The smallest absolute Gasteiger partial charge is 0.137 e. The standard InChI is InChI=1S/C17H22N2O/c1-5-20-15-9-14(10-19-11-15)17(18-4)16-8-12(2)6-7-13(16)3/h6-11,17-18H,5H2,1-4H3. The number of nitrogens with zero attached hydrogens (tertiary/aromatic N) is 1. The molecule has 2 rings (SSSR count). The van der Waals surface area contributed by atoms with Crippen molar-refractivity contribution < 1.29 is 4.74 Å². The topological polar surface area (TPSA) is 34.1 Å². The molecular weight excluding hydrogens is 248 g/mol. The van der Waals surface area contributed by atoms with Crippen molar-refractivity contribution >= 4 is 0 Å². The molecule has 20 heavy (non-hydrogen) atoms. The molecule has 1 atom stereocenters. The third kappa shape index (κ3) is 3.17. The lowest BCUT2D eigenvalue weighted by molar-refractivity contribution is 0.338. The summed E-state index contributed by atoms with van der Waals surface area (Å²) in [5.41, 5.74) is 4.94. The van der Waals surface area contributed by atoms with E-state index in [1.807, 2.05) is 20.2 Å². The minimum Gasteiger partial charge on any atom is -0.492 e. The van der Waals surface area contributed by atoms with Gasteiger partial charge in [-0.05, 0) is 50.6 Å². The van der Waals surface area contributed by atoms with Crippen LogP contribution < -0.4 is 10.1 Å². The number of aromatic nitrogens is 1. The van der Waals surface area contributed by atoms with E-state index in [1.165, 1.54) is 16.7 Å². The van der Waals surface area contributed by atoms with Gasteiger partial charge < -0.3 is 10.1 Å². The van der Waals surface area contributed by atoms with E-state index in [0.717, 1.165) is 11.3 Å². The van der Waals surface area contributed by atoms with Crippen LogP contribution in [0.15, 0.2) is 36.7 Å². The molecule has 0 spiro atoms. The van der Waals surface area contributed by atoms with Gasteiger partial charge in [-0.2, -0.15) is 0 Å². The number of benzene rings is 1. The summed E-state index contributed by atoms with van der Waals surface area (Å²) in [6, 6.07) is 8.71. The molecule has 3 nitrogen and oxygen atoms in total. The van der Waals surface area contributed by atoms with Crippen LogP contribution in [0.3, 0.4) is 0 Å². The number of ether oxygens (including phenoxy) is 1. The first-order valence-electron chi connectivity index (χ1n) is 6.98. The van der Waals surface area contributed by atoms with Crippen LogP contribution in [0.4, 0.5) is 0 Å². The van der Waals surface area contributed by atoms with Crippen LogP contribution in [0.25, 0.3) is 0 Å². The zero-order valence-electron chi connectivity index (χ0n) is 12.6. The molecule has 0 fully saturated rings. The highest BCUT2D eigenvalue weighted by atomic mass is 16.5. The van der Waals surface area contributed by atoms with Gasteiger partial charge >= 0.3 is 0 Å². The third-order valence-corrected chi connectivity index (χ3v) is 3.41. The second-order valence-corrected chi connectivity index (χ2v) is 4.97. The Morgan fingerprint density at radius 2 is 2.00 bits per heavy atom. The summed E-state index contributed by atoms with van der Waals surface area (Å²) in [6.45, 7) is 6.88. The molecule has 0 bridgehead atoms. The lowest BCUT2D eigenvalue weighted by atomic mass is 9.94. The number of pyridine rings is 1. The van der Waals surface area contributed by atoms with Crippen LogP contribution >= 0.6 is 0 Å². The summed E-state index contributed by atoms with van der Waals surface area (Å²) in [6.07, 6.45) is 3.65. The second kappa shape index (κ2) is 6.53. The number of rotatable bonds is 5. The maximum absolute atomic E-state index is 5.54. The first-order valence-corrected chi connectivity index (χ1v) is 6.98. The van der Waals surface area contributed by atoms with Crippen LogP contribution in [0.1, 0.15) is 35.2 Å². The summed E-state index contributed by atoms with van der Waals surface area (Å²) >= 11 is 0. The van der Waals surface area contributed by atoms with Crippen LogP contribution in [0.5, 0.6) is 5.75 Å². The van der Waals surface area contributed by atoms with Gasteiger partial charge in [0.05, 0.1) is 18.8 Å². The summed E-state index contributed by atoms with van der Waals surface area (Å²) in [4.78, 5) is 4.28. The van der Waals surface area contributed by atoms with E-state index >= 15 is 0 Å². The molecule has 3 heteroatoms. The van der Waals surface area contributed by atoms with Gasteiger partial charge in [-0.3, -0.25) is 4.98 Å². The largest absolute Gasteiger partial charge is 0.492 e. The average Bonchev–Trinajstić information content (AvgIpc) is 2.44. The lowest BCUT2D eigenvalue weighted by Gasteiger charge is -2.20. The van der Waals surface area contributed by atoms with E-state index in [9.17, 15) is 0 Å². The first-order chi connectivity index (χ1) is 9.65. The molecule has 1 aromatic carbocycles. The zero-order chi connectivity index (χ0) is 14.5. The molecule has 0 aliphatic rings. The monoisotopic (exact) mass is 270 g/mol. The summed E-state index contributed by atoms with van der Waals surface area (Å²) in [7, 11) is 1.97. The van der Waals surface area contributed by atoms with E-state index < -0.39 is 0 Å².